The number of amides is 4. The highest BCUT2D eigenvalue weighted by molar-refractivity contribution is 5.92. The summed E-state index contributed by atoms with van der Waals surface area (Å²) in [7, 11) is 4.68. The summed E-state index contributed by atoms with van der Waals surface area (Å²) in [6.07, 6.45) is 0.757. The predicted molar refractivity (Wildman–Crippen MR) is 191 cm³/mol. The quantitative estimate of drug-likeness (QED) is 0.168. The lowest BCUT2D eigenvalue weighted by molar-refractivity contribution is -0.148. The largest absolute Gasteiger partial charge is 0.480 e. The Morgan fingerprint density at radius 3 is 2.16 bits per heavy atom. The molecule has 0 bridgehead atoms. The number of aliphatic carboxylic acids is 1. The second kappa shape index (κ2) is 19.2. The summed E-state index contributed by atoms with van der Waals surface area (Å²) in [6.45, 7) is 13.0. The smallest absolute Gasteiger partial charge is 0.326 e. The standard InChI is InChI=1S/C37H61N5O8/c1-11-23(4)31(41(8)34(45)30(22(2)3)40-36(48)37(6,7)38)28(49-9)21-29(43)42-19-15-18-27(42)32(50-10)24(5)33(44)39-26(35(46)47)20-25-16-13-12-14-17-25/h12-14,16-17,22-24,26-28,30-32H,11,15,18-21,38H2,1-10H3,(H,39,44)(H,40,48)(H,46,47)/t23-,24+,26-,27-,28+,30-,31-,32+/m0/s1. The Bertz CT molecular complexity index is 1290. The van der Waals surface area contributed by atoms with Crippen molar-refractivity contribution in [1.82, 2.24) is 20.4 Å². The number of carboxylic acid groups (broad SMARTS) is 1. The lowest BCUT2D eigenvalue weighted by atomic mass is 9.89. The van der Waals surface area contributed by atoms with Gasteiger partial charge in [-0.15, -0.1) is 0 Å². The molecule has 282 valence electrons. The van der Waals surface area contributed by atoms with Crippen LogP contribution in [0.25, 0.3) is 0 Å². The van der Waals surface area contributed by atoms with E-state index in [1.165, 1.54) is 14.2 Å². The fourth-order valence-corrected chi connectivity index (χ4v) is 6.72. The molecule has 1 heterocycles. The van der Waals surface area contributed by atoms with Crippen molar-refractivity contribution in [2.24, 2.45) is 23.5 Å². The number of carboxylic acids is 1. The number of ether oxygens (including phenoxy) is 2. The molecule has 1 aliphatic rings. The van der Waals surface area contributed by atoms with Crippen LogP contribution < -0.4 is 16.4 Å². The molecular weight excluding hydrogens is 642 g/mol. The molecular formula is C37H61N5O8. The molecule has 50 heavy (non-hydrogen) atoms. The summed E-state index contributed by atoms with van der Waals surface area (Å²) in [5.41, 5.74) is 5.61. The molecule has 4 amide bonds. The fraction of sp³-hybridized carbons (Fsp3) is 0.703. The van der Waals surface area contributed by atoms with Gasteiger partial charge in [0.25, 0.3) is 0 Å². The van der Waals surface area contributed by atoms with Gasteiger partial charge in [0, 0.05) is 34.2 Å². The van der Waals surface area contributed by atoms with E-state index in [2.05, 4.69) is 10.6 Å². The van der Waals surface area contributed by atoms with E-state index in [0.717, 1.165) is 5.56 Å². The second-order valence-corrected chi connectivity index (χ2v) is 14.6. The van der Waals surface area contributed by atoms with Gasteiger partial charge in [-0.3, -0.25) is 19.2 Å². The van der Waals surface area contributed by atoms with Crippen molar-refractivity contribution in [2.45, 2.75) is 122 Å². The number of methoxy groups -OCH3 is 2. The number of benzene rings is 1. The SMILES string of the molecule is CC[C@H](C)[C@@H]([C@@H](CC(=O)N1CCC[C@H]1[C@H](OC)[C@@H](C)C(=O)N[C@@H](Cc1ccccc1)C(=O)O)OC)N(C)C(=O)[C@@H](NC(=O)C(C)(C)N)C(C)C. The molecule has 8 atom stereocenters. The summed E-state index contributed by atoms with van der Waals surface area (Å²) in [6, 6.07) is 6.19. The fourth-order valence-electron chi connectivity index (χ4n) is 6.72. The molecule has 0 aliphatic carbocycles. The van der Waals surface area contributed by atoms with Crippen molar-refractivity contribution in [3.63, 3.8) is 0 Å². The van der Waals surface area contributed by atoms with Crippen molar-refractivity contribution in [3.05, 3.63) is 35.9 Å². The lowest BCUT2D eigenvalue weighted by Crippen LogP contribution is -2.60. The maximum atomic E-state index is 14.1. The highest BCUT2D eigenvalue weighted by atomic mass is 16.5. The van der Waals surface area contributed by atoms with E-state index in [0.29, 0.717) is 25.8 Å². The number of hydrogen-bond acceptors (Lipinski definition) is 8. The number of rotatable bonds is 19. The maximum absolute atomic E-state index is 14.1. The number of carbonyl (C=O) groups is 5. The van der Waals surface area contributed by atoms with Crippen LogP contribution in [0.15, 0.2) is 30.3 Å². The molecule has 13 heteroatoms. The monoisotopic (exact) mass is 703 g/mol. The van der Waals surface area contributed by atoms with Crippen molar-refractivity contribution in [3.8, 4) is 0 Å². The molecule has 13 nitrogen and oxygen atoms in total. The number of hydrogen-bond donors (Lipinski definition) is 4. The lowest BCUT2D eigenvalue weighted by Gasteiger charge is -2.41. The average molecular weight is 704 g/mol. The zero-order valence-corrected chi connectivity index (χ0v) is 31.6. The first kappa shape index (κ1) is 42.6. The van der Waals surface area contributed by atoms with E-state index >= 15 is 0 Å². The maximum Gasteiger partial charge on any atom is 0.326 e. The summed E-state index contributed by atoms with van der Waals surface area (Å²) >= 11 is 0. The van der Waals surface area contributed by atoms with Crippen LogP contribution in [0, 0.1) is 17.8 Å². The van der Waals surface area contributed by atoms with E-state index in [9.17, 15) is 29.1 Å². The van der Waals surface area contributed by atoms with Gasteiger partial charge in [-0.25, -0.2) is 4.79 Å². The Balaban J connectivity index is 2.26. The van der Waals surface area contributed by atoms with E-state index in [-0.39, 0.29) is 36.5 Å². The molecule has 0 aromatic heterocycles. The van der Waals surface area contributed by atoms with Gasteiger partial charge in [-0.1, -0.05) is 71.4 Å². The summed E-state index contributed by atoms with van der Waals surface area (Å²) in [5.74, 6) is -3.60. The van der Waals surface area contributed by atoms with Crippen molar-refractivity contribution in [1.29, 1.82) is 0 Å². The van der Waals surface area contributed by atoms with Crippen LogP contribution in [-0.2, 0) is 39.9 Å². The first-order valence-corrected chi connectivity index (χ1v) is 17.7. The van der Waals surface area contributed by atoms with Crippen LogP contribution in [0.1, 0.15) is 79.7 Å². The molecule has 0 radical (unpaired) electrons. The topological polar surface area (TPSA) is 181 Å². The molecule has 1 aliphatic heterocycles. The van der Waals surface area contributed by atoms with E-state index in [4.69, 9.17) is 15.2 Å². The predicted octanol–water partition coefficient (Wildman–Crippen LogP) is 2.60. The highest BCUT2D eigenvalue weighted by Crippen LogP contribution is 2.29. The Hall–Kier alpha value is -3.55. The van der Waals surface area contributed by atoms with Crippen LogP contribution in [0.3, 0.4) is 0 Å². The number of carbonyl (C=O) groups excluding carboxylic acids is 4. The van der Waals surface area contributed by atoms with Crippen LogP contribution in [0.4, 0.5) is 0 Å². The third kappa shape index (κ3) is 11.2. The van der Waals surface area contributed by atoms with Gasteiger partial charge >= 0.3 is 5.97 Å². The van der Waals surface area contributed by atoms with E-state index < -0.39 is 65.6 Å². The number of nitrogens with two attached hydrogens (primary N) is 1. The van der Waals surface area contributed by atoms with E-state index in [1.54, 1.807) is 49.8 Å². The van der Waals surface area contributed by atoms with Gasteiger partial charge in [-0.2, -0.15) is 0 Å². The summed E-state index contributed by atoms with van der Waals surface area (Å²) < 4.78 is 11.8. The van der Waals surface area contributed by atoms with Crippen molar-refractivity contribution >= 4 is 29.6 Å². The Kier molecular flexibility index (Phi) is 16.3. The van der Waals surface area contributed by atoms with E-state index in [1.807, 2.05) is 45.9 Å². The third-order valence-corrected chi connectivity index (χ3v) is 9.96. The van der Waals surface area contributed by atoms with Crippen LogP contribution in [-0.4, -0.2) is 114 Å². The first-order valence-electron chi connectivity index (χ1n) is 17.7. The average Bonchev–Trinajstić information content (AvgIpc) is 3.55. The Labute approximate surface area is 298 Å². The van der Waals surface area contributed by atoms with Gasteiger partial charge in [-0.05, 0) is 44.1 Å². The number of likely N-dealkylation sites (N-methyl/N-ethyl adjacent to an activating group) is 1. The zero-order chi connectivity index (χ0) is 37.9. The van der Waals surface area contributed by atoms with Crippen molar-refractivity contribution < 1.29 is 38.6 Å². The van der Waals surface area contributed by atoms with Crippen LogP contribution in [0.5, 0.6) is 0 Å². The second-order valence-electron chi connectivity index (χ2n) is 14.6. The van der Waals surface area contributed by atoms with Gasteiger partial charge in [0.05, 0.1) is 42.2 Å². The molecule has 1 saturated heterocycles. The summed E-state index contributed by atoms with van der Waals surface area (Å²) in [5, 5.41) is 15.3. The molecule has 0 unspecified atom stereocenters. The normalized spacial score (nSPS) is 19.1. The number of likely N-dealkylation sites (tertiary alicyclic amines) is 1. The molecule has 1 aromatic rings. The van der Waals surface area contributed by atoms with Gasteiger partial charge < -0.3 is 40.7 Å². The molecule has 1 fully saturated rings. The highest BCUT2D eigenvalue weighted by Gasteiger charge is 2.43. The molecule has 1 aromatic carbocycles. The summed E-state index contributed by atoms with van der Waals surface area (Å²) in [4.78, 5) is 69.5. The minimum atomic E-state index is -1.17. The number of nitrogens with one attached hydrogen (secondary N) is 2. The molecule has 5 N–H and O–H groups in total. The molecule has 2 rings (SSSR count). The third-order valence-electron chi connectivity index (χ3n) is 9.96. The van der Waals surface area contributed by atoms with Gasteiger partial charge in [0.2, 0.25) is 23.6 Å². The van der Waals surface area contributed by atoms with Gasteiger partial charge in [0.15, 0.2) is 0 Å². The van der Waals surface area contributed by atoms with Crippen LogP contribution in [0.2, 0.25) is 0 Å². The molecule has 0 saturated carbocycles. The minimum absolute atomic E-state index is 0.0245. The van der Waals surface area contributed by atoms with Gasteiger partial charge in [0.1, 0.15) is 12.1 Å². The Morgan fingerprint density at radius 2 is 1.66 bits per heavy atom. The van der Waals surface area contributed by atoms with Crippen LogP contribution >= 0.6 is 0 Å². The Morgan fingerprint density at radius 1 is 1.04 bits per heavy atom. The van der Waals surface area contributed by atoms with Crippen molar-refractivity contribution in [2.75, 3.05) is 27.8 Å². The first-order chi connectivity index (χ1) is 23.4. The zero-order valence-electron chi connectivity index (χ0n) is 31.6. The minimum Gasteiger partial charge on any atom is -0.480 e. The number of nitrogens with zero attached hydrogens (tertiary/aromatic N) is 2. The molecule has 0 spiro atoms.